The van der Waals surface area contributed by atoms with Gasteiger partial charge in [0.1, 0.15) is 12.2 Å². The summed E-state index contributed by atoms with van der Waals surface area (Å²) in [5.41, 5.74) is 0.801. The highest BCUT2D eigenvalue weighted by Gasteiger charge is 2.24. The molecule has 2 aromatic rings. The normalized spacial score (nSPS) is 10.7. The number of carbonyl (C=O) groups is 1. The first-order chi connectivity index (χ1) is 15.0. The molecular weight excluding hydrogens is 402 g/mol. The van der Waals surface area contributed by atoms with E-state index in [4.69, 9.17) is 14.2 Å². The fraction of sp³-hybridized carbons (Fsp3) is 0.409. The first kappa shape index (κ1) is 24.1. The minimum absolute atomic E-state index is 0.0708. The molecule has 0 heterocycles. The van der Waals surface area contributed by atoms with Crippen molar-refractivity contribution in [1.29, 1.82) is 0 Å². The maximum absolute atomic E-state index is 12.6. The smallest absolute Gasteiger partial charge is 0.286 e. The van der Waals surface area contributed by atoms with Crippen LogP contribution in [0.15, 0.2) is 42.5 Å². The van der Waals surface area contributed by atoms with Crippen LogP contribution in [0.25, 0.3) is 0 Å². The van der Waals surface area contributed by atoms with E-state index in [2.05, 4.69) is 22.3 Å². The summed E-state index contributed by atoms with van der Waals surface area (Å²) in [6, 6.07) is 12.6. The van der Waals surface area contributed by atoms with E-state index in [0.29, 0.717) is 19.6 Å². The fourth-order valence-electron chi connectivity index (χ4n) is 3.01. The molecule has 9 nitrogen and oxygen atoms in total. The van der Waals surface area contributed by atoms with Crippen LogP contribution in [0.2, 0.25) is 0 Å². The predicted molar refractivity (Wildman–Crippen MR) is 117 cm³/mol. The molecule has 0 radical (unpaired) electrons. The molecule has 2 aromatic carbocycles. The molecule has 0 aliphatic rings. The number of methoxy groups -OCH3 is 2. The molecule has 0 saturated heterocycles. The van der Waals surface area contributed by atoms with Crippen molar-refractivity contribution in [1.82, 2.24) is 10.2 Å². The Labute approximate surface area is 182 Å². The maximum Gasteiger partial charge on any atom is 0.286 e. The van der Waals surface area contributed by atoms with Crippen LogP contribution in [0.1, 0.15) is 22.3 Å². The molecule has 1 N–H and O–H groups in total. The van der Waals surface area contributed by atoms with Gasteiger partial charge in [-0.05, 0) is 25.6 Å². The first-order valence-electron chi connectivity index (χ1n) is 9.95. The van der Waals surface area contributed by atoms with Gasteiger partial charge >= 0.3 is 0 Å². The summed E-state index contributed by atoms with van der Waals surface area (Å²) in [6.45, 7) is 2.49. The van der Waals surface area contributed by atoms with Gasteiger partial charge in [-0.1, -0.05) is 30.3 Å². The van der Waals surface area contributed by atoms with E-state index in [1.165, 1.54) is 31.9 Å². The van der Waals surface area contributed by atoms with Crippen molar-refractivity contribution in [2.45, 2.75) is 13.0 Å². The Bertz CT molecular complexity index is 860. The highest BCUT2D eigenvalue weighted by atomic mass is 16.6. The number of nitrogens with one attached hydrogen (secondary N) is 1. The zero-order chi connectivity index (χ0) is 22.6. The molecule has 0 aliphatic carbocycles. The van der Waals surface area contributed by atoms with Gasteiger partial charge in [0.15, 0.2) is 11.5 Å². The SMILES string of the molecule is COCCOc1cc([N+](=O)[O-])c(C(=O)NCCCN(C)Cc2ccccc2)cc1OC. The number of amides is 1. The molecule has 0 fully saturated rings. The lowest BCUT2D eigenvalue weighted by Gasteiger charge is -2.17. The summed E-state index contributed by atoms with van der Waals surface area (Å²) in [6.07, 6.45) is 0.707. The second-order valence-electron chi connectivity index (χ2n) is 6.95. The zero-order valence-corrected chi connectivity index (χ0v) is 18.1. The molecule has 168 valence electrons. The van der Waals surface area contributed by atoms with Gasteiger partial charge in [0.25, 0.3) is 11.6 Å². The second kappa shape index (κ2) is 12.5. The third kappa shape index (κ3) is 7.54. The van der Waals surface area contributed by atoms with Crippen molar-refractivity contribution >= 4 is 11.6 Å². The van der Waals surface area contributed by atoms with Crippen molar-refractivity contribution in [2.24, 2.45) is 0 Å². The summed E-state index contributed by atoms with van der Waals surface area (Å²) in [5, 5.41) is 14.2. The van der Waals surface area contributed by atoms with Gasteiger partial charge in [0, 0.05) is 26.3 Å². The Morgan fingerprint density at radius 2 is 1.87 bits per heavy atom. The molecule has 0 atom stereocenters. The number of ether oxygens (including phenoxy) is 3. The molecule has 31 heavy (non-hydrogen) atoms. The number of hydrogen-bond donors (Lipinski definition) is 1. The van der Waals surface area contributed by atoms with E-state index in [0.717, 1.165) is 13.1 Å². The van der Waals surface area contributed by atoms with Crippen molar-refractivity contribution in [3.63, 3.8) is 0 Å². The zero-order valence-electron chi connectivity index (χ0n) is 18.1. The van der Waals surface area contributed by atoms with E-state index >= 15 is 0 Å². The van der Waals surface area contributed by atoms with Gasteiger partial charge in [-0.2, -0.15) is 0 Å². The van der Waals surface area contributed by atoms with Crippen LogP contribution in [0.4, 0.5) is 5.69 Å². The van der Waals surface area contributed by atoms with Crippen molar-refractivity contribution in [2.75, 3.05) is 47.6 Å². The molecule has 0 aromatic heterocycles. The average molecular weight is 431 g/mol. The second-order valence-corrected chi connectivity index (χ2v) is 6.95. The van der Waals surface area contributed by atoms with Crippen LogP contribution < -0.4 is 14.8 Å². The number of hydrogen-bond acceptors (Lipinski definition) is 7. The standard InChI is InChI=1S/C22H29N3O6/c1-24(16-17-8-5-4-6-9-17)11-7-10-23-22(26)18-14-20(30-3)21(31-13-12-29-2)15-19(18)25(27)28/h4-6,8-9,14-15H,7,10-13,16H2,1-3H3,(H,23,26). The molecule has 2 rings (SSSR count). The van der Waals surface area contributed by atoms with Crippen LogP contribution in [0, 0.1) is 10.1 Å². The predicted octanol–water partition coefficient (Wildman–Crippen LogP) is 2.88. The van der Waals surface area contributed by atoms with Crippen molar-refractivity contribution < 1.29 is 23.9 Å². The number of benzene rings is 2. The summed E-state index contributed by atoms with van der Waals surface area (Å²) < 4.78 is 15.6. The van der Waals surface area contributed by atoms with E-state index in [1.54, 1.807) is 0 Å². The highest BCUT2D eigenvalue weighted by Crippen LogP contribution is 2.34. The van der Waals surface area contributed by atoms with E-state index in [1.807, 2.05) is 25.2 Å². The number of nitrogens with zero attached hydrogens (tertiary/aromatic N) is 2. The Balaban J connectivity index is 1.95. The van der Waals surface area contributed by atoms with Crippen molar-refractivity contribution in [3.8, 4) is 11.5 Å². The van der Waals surface area contributed by atoms with Gasteiger partial charge in [0.05, 0.1) is 24.7 Å². The topological polar surface area (TPSA) is 103 Å². The third-order valence-corrected chi connectivity index (χ3v) is 4.57. The molecule has 1 amide bonds. The van der Waals surface area contributed by atoms with Gasteiger partial charge < -0.3 is 24.4 Å². The van der Waals surface area contributed by atoms with Gasteiger partial charge in [-0.15, -0.1) is 0 Å². The Morgan fingerprint density at radius 1 is 1.13 bits per heavy atom. The van der Waals surface area contributed by atoms with Gasteiger partial charge in [-0.3, -0.25) is 14.9 Å². The van der Waals surface area contributed by atoms with Gasteiger partial charge in [0.2, 0.25) is 0 Å². The van der Waals surface area contributed by atoms with E-state index < -0.39 is 10.8 Å². The van der Waals surface area contributed by atoms with Crippen LogP contribution in [-0.2, 0) is 11.3 Å². The summed E-state index contributed by atoms with van der Waals surface area (Å²) in [5.74, 6) is -0.0982. The van der Waals surface area contributed by atoms with Gasteiger partial charge in [-0.25, -0.2) is 0 Å². The molecule has 0 aliphatic heterocycles. The molecular formula is C22H29N3O6. The number of nitro benzene ring substituents is 1. The maximum atomic E-state index is 12.6. The average Bonchev–Trinajstić information content (AvgIpc) is 2.77. The molecule has 0 bridgehead atoms. The largest absolute Gasteiger partial charge is 0.493 e. The van der Waals surface area contributed by atoms with Crippen molar-refractivity contribution in [3.05, 3.63) is 63.7 Å². The molecule has 0 spiro atoms. The summed E-state index contributed by atoms with van der Waals surface area (Å²) in [7, 11) is 4.94. The minimum atomic E-state index is -0.606. The monoisotopic (exact) mass is 431 g/mol. The van der Waals surface area contributed by atoms with E-state index in [-0.39, 0.29) is 29.4 Å². The molecule has 0 saturated carbocycles. The summed E-state index contributed by atoms with van der Waals surface area (Å²) in [4.78, 5) is 25.6. The van der Waals surface area contributed by atoms with Crippen LogP contribution >= 0.6 is 0 Å². The minimum Gasteiger partial charge on any atom is -0.493 e. The Morgan fingerprint density at radius 3 is 2.52 bits per heavy atom. The van der Waals surface area contributed by atoms with Crippen LogP contribution in [0.5, 0.6) is 11.5 Å². The number of carbonyl (C=O) groups excluding carboxylic acids is 1. The first-order valence-corrected chi connectivity index (χ1v) is 9.95. The third-order valence-electron chi connectivity index (χ3n) is 4.57. The summed E-state index contributed by atoms with van der Waals surface area (Å²) >= 11 is 0. The van der Waals surface area contributed by atoms with E-state index in [9.17, 15) is 14.9 Å². The Hall–Kier alpha value is -3.17. The fourth-order valence-corrected chi connectivity index (χ4v) is 3.01. The number of nitro groups is 1. The lowest BCUT2D eigenvalue weighted by Crippen LogP contribution is -2.28. The Kier molecular flexibility index (Phi) is 9.73. The van der Waals surface area contributed by atoms with Crippen LogP contribution in [-0.4, -0.2) is 63.3 Å². The lowest BCUT2D eigenvalue weighted by atomic mass is 10.1. The number of rotatable bonds is 13. The lowest BCUT2D eigenvalue weighted by molar-refractivity contribution is -0.385. The quantitative estimate of drug-likeness (QED) is 0.295. The molecule has 0 unspecified atom stereocenters. The van der Waals surface area contributed by atoms with Crippen LogP contribution in [0.3, 0.4) is 0 Å². The highest BCUT2D eigenvalue weighted by molar-refractivity contribution is 5.99. The molecule has 9 heteroatoms.